The van der Waals surface area contributed by atoms with Crippen molar-refractivity contribution < 1.29 is 23.2 Å². The maximum atomic E-state index is 13.2. The van der Waals surface area contributed by atoms with Gasteiger partial charge in [0, 0.05) is 5.56 Å². The number of hydrogen-bond acceptors (Lipinski definition) is 4. The molecule has 1 heterocycles. The van der Waals surface area contributed by atoms with E-state index in [4.69, 9.17) is 5.73 Å². The number of nitrogens with one attached hydrogen (secondary N) is 1. The van der Waals surface area contributed by atoms with Crippen molar-refractivity contribution in [1.82, 2.24) is 10.2 Å². The fourth-order valence-corrected chi connectivity index (χ4v) is 1.67. The number of nitrogens with two attached hydrogens (primary N) is 1. The molecule has 0 radical (unpaired) electrons. The van der Waals surface area contributed by atoms with Gasteiger partial charge in [0.25, 0.3) is 5.91 Å². The summed E-state index contributed by atoms with van der Waals surface area (Å²) in [6, 6.07) is 1.52. The molecule has 0 spiro atoms. The third-order valence-electron chi connectivity index (χ3n) is 2.56. The Morgan fingerprint density at radius 3 is 2.11 bits per heavy atom. The quantitative estimate of drug-likeness (QED) is 0.538. The standard InChI is InChI=1S/C11H9F2N3O3/c12-6-1-5(2-7(13)10(6)14)11(19)16-3-8(17)15-9(18)4-16/h1-2H,3-4,14H2,(H,15,17,18). The van der Waals surface area contributed by atoms with Crippen LogP contribution in [-0.4, -0.2) is 35.7 Å². The fourth-order valence-electron chi connectivity index (χ4n) is 1.67. The van der Waals surface area contributed by atoms with Crippen LogP contribution in [0.2, 0.25) is 0 Å². The molecule has 1 fully saturated rings. The van der Waals surface area contributed by atoms with Crippen molar-refractivity contribution in [3.05, 3.63) is 29.3 Å². The molecule has 1 aromatic carbocycles. The first-order valence-electron chi connectivity index (χ1n) is 5.25. The molecule has 1 aromatic rings. The Morgan fingerprint density at radius 2 is 1.63 bits per heavy atom. The number of imide groups is 1. The number of piperazine rings is 1. The molecule has 3 N–H and O–H groups in total. The molecule has 0 atom stereocenters. The Hall–Kier alpha value is -2.51. The molecule has 6 nitrogen and oxygen atoms in total. The number of nitrogens with zero attached hydrogens (tertiary/aromatic N) is 1. The Morgan fingerprint density at radius 1 is 1.16 bits per heavy atom. The second-order valence-corrected chi connectivity index (χ2v) is 3.99. The largest absolute Gasteiger partial charge is 0.394 e. The van der Waals surface area contributed by atoms with Crippen molar-refractivity contribution in [1.29, 1.82) is 0 Å². The van der Waals surface area contributed by atoms with Gasteiger partial charge in [-0.1, -0.05) is 0 Å². The highest BCUT2D eigenvalue weighted by Crippen LogP contribution is 2.18. The van der Waals surface area contributed by atoms with Gasteiger partial charge >= 0.3 is 0 Å². The molecular formula is C11H9F2N3O3. The highest BCUT2D eigenvalue weighted by atomic mass is 19.1. The number of rotatable bonds is 1. The minimum absolute atomic E-state index is 0.313. The molecule has 0 saturated carbocycles. The second kappa shape index (κ2) is 4.63. The molecular weight excluding hydrogens is 260 g/mol. The number of carbonyl (C=O) groups excluding carboxylic acids is 3. The van der Waals surface area contributed by atoms with E-state index in [0.717, 1.165) is 17.0 Å². The van der Waals surface area contributed by atoms with Crippen LogP contribution in [0.1, 0.15) is 10.4 Å². The molecule has 100 valence electrons. The van der Waals surface area contributed by atoms with E-state index >= 15 is 0 Å². The van der Waals surface area contributed by atoms with E-state index in [1.165, 1.54) is 0 Å². The molecule has 2 rings (SSSR count). The van der Waals surface area contributed by atoms with Gasteiger partial charge < -0.3 is 10.6 Å². The van der Waals surface area contributed by atoms with E-state index < -0.39 is 35.0 Å². The van der Waals surface area contributed by atoms with E-state index in [9.17, 15) is 23.2 Å². The van der Waals surface area contributed by atoms with Crippen LogP contribution in [0, 0.1) is 11.6 Å². The van der Waals surface area contributed by atoms with Crippen LogP contribution in [0.4, 0.5) is 14.5 Å². The fraction of sp³-hybridized carbons (Fsp3) is 0.182. The van der Waals surface area contributed by atoms with Gasteiger partial charge in [0.05, 0.1) is 0 Å². The highest BCUT2D eigenvalue weighted by molar-refractivity contribution is 6.05. The molecule has 0 bridgehead atoms. The summed E-state index contributed by atoms with van der Waals surface area (Å²) in [7, 11) is 0. The summed E-state index contributed by atoms with van der Waals surface area (Å²) in [5.74, 6) is -4.27. The number of nitrogen functional groups attached to an aromatic ring is 1. The first kappa shape index (κ1) is 12.9. The Labute approximate surface area is 106 Å². The van der Waals surface area contributed by atoms with Gasteiger partial charge in [-0.2, -0.15) is 0 Å². The summed E-state index contributed by atoms with van der Waals surface area (Å²) in [6.45, 7) is -0.698. The summed E-state index contributed by atoms with van der Waals surface area (Å²) in [5.41, 5.74) is 4.08. The SMILES string of the molecule is Nc1c(F)cc(C(=O)N2CC(=O)NC(=O)C2)cc1F. The van der Waals surface area contributed by atoms with Crippen molar-refractivity contribution in [2.75, 3.05) is 18.8 Å². The Bertz CT molecular complexity index is 550. The zero-order chi connectivity index (χ0) is 14.2. The number of amides is 3. The molecule has 1 saturated heterocycles. The van der Waals surface area contributed by atoms with Gasteiger partial charge in [-0.15, -0.1) is 0 Å². The minimum Gasteiger partial charge on any atom is -0.394 e. The van der Waals surface area contributed by atoms with Crippen LogP contribution < -0.4 is 11.1 Å². The second-order valence-electron chi connectivity index (χ2n) is 3.99. The maximum absolute atomic E-state index is 13.2. The topological polar surface area (TPSA) is 92.5 Å². The predicted molar refractivity (Wildman–Crippen MR) is 59.8 cm³/mol. The van der Waals surface area contributed by atoms with Crippen molar-refractivity contribution >= 4 is 23.4 Å². The third kappa shape index (κ3) is 2.51. The number of carbonyl (C=O) groups is 3. The monoisotopic (exact) mass is 269 g/mol. The highest BCUT2D eigenvalue weighted by Gasteiger charge is 2.27. The smallest absolute Gasteiger partial charge is 0.255 e. The summed E-state index contributed by atoms with van der Waals surface area (Å²) >= 11 is 0. The molecule has 0 aromatic heterocycles. The van der Waals surface area contributed by atoms with Gasteiger partial charge in [-0.3, -0.25) is 19.7 Å². The normalized spacial score (nSPS) is 15.4. The van der Waals surface area contributed by atoms with Crippen molar-refractivity contribution in [3.63, 3.8) is 0 Å². The van der Waals surface area contributed by atoms with Crippen molar-refractivity contribution in [2.24, 2.45) is 0 Å². The van der Waals surface area contributed by atoms with Gasteiger partial charge in [0.1, 0.15) is 30.4 Å². The minimum atomic E-state index is -1.07. The van der Waals surface area contributed by atoms with Crippen molar-refractivity contribution in [3.8, 4) is 0 Å². The average Bonchev–Trinajstić information content (AvgIpc) is 2.33. The van der Waals surface area contributed by atoms with E-state index in [-0.39, 0.29) is 18.7 Å². The van der Waals surface area contributed by atoms with E-state index in [1.54, 1.807) is 0 Å². The number of anilines is 1. The van der Waals surface area contributed by atoms with Crippen LogP contribution in [0.5, 0.6) is 0 Å². The third-order valence-corrected chi connectivity index (χ3v) is 2.56. The number of halogens is 2. The summed E-state index contributed by atoms with van der Waals surface area (Å²) < 4.78 is 26.5. The van der Waals surface area contributed by atoms with Crippen LogP contribution >= 0.6 is 0 Å². The lowest BCUT2D eigenvalue weighted by molar-refractivity contribution is -0.135. The van der Waals surface area contributed by atoms with Gasteiger partial charge in [-0.05, 0) is 12.1 Å². The van der Waals surface area contributed by atoms with E-state index in [0.29, 0.717) is 0 Å². The van der Waals surface area contributed by atoms with E-state index in [2.05, 4.69) is 0 Å². The molecule has 3 amide bonds. The molecule has 0 aliphatic carbocycles. The van der Waals surface area contributed by atoms with Crippen LogP contribution in [0.25, 0.3) is 0 Å². The maximum Gasteiger partial charge on any atom is 0.255 e. The molecule has 1 aliphatic rings. The van der Waals surface area contributed by atoms with Crippen LogP contribution in [-0.2, 0) is 9.59 Å². The lowest BCUT2D eigenvalue weighted by Gasteiger charge is -2.25. The number of hydrogen-bond donors (Lipinski definition) is 2. The summed E-state index contributed by atoms with van der Waals surface area (Å²) in [4.78, 5) is 35.0. The van der Waals surface area contributed by atoms with Crippen LogP contribution in [0.3, 0.4) is 0 Å². The first-order chi connectivity index (χ1) is 8.88. The van der Waals surface area contributed by atoms with Crippen LogP contribution in [0.15, 0.2) is 12.1 Å². The lowest BCUT2D eigenvalue weighted by Crippen LogP contribution is -2.53. The molecule has 8 heteroatoms. The lowest BCUT2D eigenvalue weighted by atomic mass is 10.1. The summed E-state index contributed by atoms with van der Waals surface area (Å²) in [6.07, 6.45) is 0. The number of benzene rings is 1. The average molecular weight is 269 g/mol. The molecule has 0 unspecified atom stereocenters. The molecule has 1 aliphatic heterocycles. The van der Waals surface area contributed by atoms with E-state index in [1.807, 2.05) is 5.32 Å². The van der Waals surface area contributed by atoms with Gasteiger partial charge in [-0.25, -0.2) is 8.78 Å². The van der Waals surface area contributed by atoms with Gasteiger partial charge in [0.2, 0.25) is 11.8 Å². The molecule has 19 heavy (non-hydrogen) atoms. The van der Waals surface area contributed by atoms with Crippen molar-refractivity contribution in [2.45, 2.75) is 0 Å². The Kier molecular flexibility index (Phi) is 3.16. The first-order valence-corrected chi connectivity index (χ1v) is 5.25. The zero-order valence-electron chi connectivity index (χ0n) is 9.57. The predicted octanol–water partition coefficient (Wildman–Crippen LogP) is -0.354. The zero-order valence-corrected chi connectivity index (χ0v) is 9.57. The summed E-state index contributed by atoms with van der Waals surface area (Å²) in [5, 5.41) is 2.01. The Balaban J connectivity index is 2.29. The van der Waals surface area contributed by atoms with Gasteiger partial charge in [0.15, 0.2) is 0 Å².